The van der Waals surface area contributed by atoms with Gasteiger partial charge in [0.2, 0.25) is 0 Å². The minimum Gasteiger partial charge on any atom is -0.375 e. The molecule has 0 amide bonds. The highest BCUT2D eigenvalue weighted by Crippen LogP contribution is 2.28. The fraction of sp³-hybridized carbons (Fsp3) is 0.625. The lowest BCUT2D eigenvalue weighted by molar-refractivity contribution is -0.0859. The van der Waals surface area contributed by atoms with Crippen molar-refractivity contribution in [1.29, 1.82) is 0 Å². The number of fused-ring (bicyclic) bond motifs is 1. The Morgan fingerprint density at radius 1 is 1.14 bits per heavy atom. The average Bonchev–Trinajstić information content (AvgIpc) is 2.54. The fourth-order valence-corrected chi connectivity index (χ4v) is 4.72. The second-order valence-corrected chi connectivity index (χ2v) is 8.04. The van der Waals surface area contributed by atoms with Crippen molar-refractivity contribution >= 4 is 9.84 Å². The van der Waals surface area contributed by atoms with E-state index in [0.717, 1.165) is 26.0 Å². The first-order valence-electron chi connectivity index (χ1n) is 7.80. The summed E-state index contributed by atoms with van der Waals surface area (Å²) in [5, 5.41) is 0. The van der Waals surface area contributed by atoms with Crippen LogP contribution in [-0.2, 0) is 14.6 Å². The first-order chi connectivity index (χ1) is 10.2. The quantitative estimate of drug-likeness (QED) is 0.854. The summed E-state index contributed by atoms with van der Waals surface area (Å²) < 4.78 is 30.6. The third-order valence-electron chi connectivity index (χ3n) is 4.60. The molecule has 2 aliphatic rings. The molecule has 2 atom stereocenters. The van der Waals surface area contributed by atoms with Crippen molar-refractivity contribution in [3.05, 3.63) is 30.3 Å². The molecule has 2 unspecified atom stereocenters. The van der Waals surface area contributed by atoms with Crippen LogP contribution in [0.15, 0.2) is 35.2 Å². The number of benzene rings is 1. The number of hydrogen-bond acceptors (Lipinski definition) is 4. The average molecular weight is 309 g/mol. The monoisotopic (exact) mass is 309 g/mol. The van der Waals surface area contributed by atoms with E-state index in [1.54, 1.807) is 24.3 Å². The SMILES string of the molecule is O=S(=O)(CCN1CCOC2CCCCC21)c1ccccc1. The molecular formula is C16H23NO3S. The van der Waals surface area contributed by atoms with Crippen LogP contribution < -0.4 is 0 Å². The minimum atomic E-state index is -3.18. The third-order valence-corrected chi connectivity index (χ3v) is 6.31. The lowest BCUT2D eigenvalue weighted by Crippen LogP contribution is -2.53. The van der Waals surface area contributed by atoms with Gasteiger partial charge in [0.15, 0.2) is 9.84 Å². The van der Waals surface area contributed by atoms with E-state index in [1.165, 1.54) is 12.8 Å². The molecule has 4 nitrogen and oxygen atoms in total. The molecule has 1 saturated heterocycles. The van der Waals surface area contributed by atoms with Gasteiger partial charge in [-0.3, -0.25) is 4.90 Å². The van der Waals surface area contributed by atoms with Crippen molar-refractivity contribution in [3.63, 3.8) is 0 Å². The molecule has 0 N–H and O–H groups in total. The van der Waals surface area contributed by atoms with Crippen molar-refractivity contribution < 1.29 is 13.2 Å². The Balaban J connectivity index is 1.64. The van der Waals surface area contributed by atoms with Gasteiger partial charge in [-0.2, -0.15) is 0 Å². The molecule has 2 fully saturated rings. The predicted octanol–water partition coefficient (Wildman–Crippen LogP) is 2.10. The second kappa shape index (κ2) is 6.46. The van der Waals surface area contributed by atoms with Gasteiger partial charge in [0.1, 0.15) is 0 Å². The lowest BCUT2D eigenvalue weighted by Gasteiger charge is -2.43. The molecular weight excluding hydrogens is 286 g/mol. The van der Waals surface area contributed by atoms with Crippen LogP contribution in [0.3, 0.4) is 0 Å². The van der Waals surface area contributed by atoms with Gasteiger partial charge in [-0.15, -0.1) is 0 Å². The Kier molecular flexibility index (Phi) is 4.62. The Hall–Kier alpha value is -0.910. The highest BCUT2D eigenvalue weighted by molar-refractivity contribution is 7.91. The molecule has 0 spiro atoms. The van der Waals surface area contributed by atoms with Crippen LogP contribution >= 0.6 is 0 Å². The summed E-state index contributed by atoms with van der Waals surface area (Å²) in [7, 11) is -3.18. The van der Waals surface area contributed by atoms with Crippen LogP contribution in [0.5, 0.6) is 0 Å². The smallest absolute Gasteiger partial charge is 0.179 e. The zero-order valence-corrected chi connectivity index (χ0v) is 13.1. The van der Waals surface area contributed by atoms with E-state index < -0.39 is 9.84 Å². The molecule has 1 saturated carbocycles. The van der Waals surface area contributed by atoms with E-state index in [9.17, 15) is 8.42 Å². The zero-order chi connectivity index (χ0) is 14.7. The summed E-state index contributed by atoms with van der Waals surface area (Å²) in [5.41, 5.74) is 0. The third kappa shape index (κ3) is 3.47. The van der Waals surface area contributed by atoms with E-state index in [2.05, 4.69) is 4.90 Å². The van der Waals surface area contributed by atoms with E-state index in [-0.39, 0.29) is 5.75 Å². The van der Waals surface area contributed by atoms with E-state index in [0.29, 0.717) is 23.6 Å². The number of sulfone groups is 1. The van der Waals surface area contributed by atoms with Crippen LogP contribution in [0.2, 0.25) is 0 Å². The zero-order valence-electron chi connectivity index (χ0n) is 12.3. The van der Waals surface area contributed by atoms with Gasteiger partial charge in [0.25, 0.3) is 0 Å². The standard InChI is InChI=1S/C16H23NO3S/c18-21(19,14-6-2-1-3-7-14)13-11-17-10-12-20-16-9-5-4-8-15(16)17/h1-3,6-7,15-16H,4-5,8-13H2. The van der Waals surface area contributed by atoms with Gasteiger partial charge < -0.3 is 4.74 Å². The molecule has 0 radical (unpaired) electrons. The molecule has 3 rings (SSSR count). The van der Waals surface area contributed by atoms with Crippen LogP contribution in [0.1, 0.15) is 25.7 Å². The highest BCUT2D eigenvalue weighted by atomic mass is 32.2. The van der Waals surface area contributed by atoms with Crippen molar-refractivity contribution in [3.8, 4) is 0 Å². The molecule has 5 heteroatoms. The van der Waals surface area contributed by atoms with Crippen LogP contribution in [0.25, 0.3) is 0 Å². The van der Waals surface area contributed by atoms with E-state index >= 15 is 0 Å². The normalized spacial score (nSPS) is 27.2. The predicted molar refractivity (Wildman–Crippen MR) is 82.1 cm³/mol. The Labute approximate surface area is 127 Å². The van der Waals surface area contributed by atoms with Gasteiger partial charge >= 0.3 is 0 Å². The molecule has 1 aliphatic carbocycles. The molecule has 0 bridgehead atoms. The maximum Gasteiger partial charge on any atom is 0.179 e. The number of hydrogen-bond donors (Lipinski definition) is 0. The van der Waals surface area contributed by atoms with Gasteiger partial charge in [0, 0.05) is 19.1 Å². The lowest BCUT2D eigenvalue weighted by atomic mass is 9.90. The van der Waals surface area contributed by atoms with Gasteiger partial charge in [0.05, 0.1) is 23.4 Å². The van der Waals surface area contributed by atoms with Crippen molar-refractivity contribution in [2.75, 3.05) is 25.4 Å². The molecule has 1 aromatic rings. The van der Waals surface area contributed by atoms with Crippen molar-refractivity contribution in [1.82, 2.24) is 4.90 Å². The largest absolute Gasteiger partial charge is 0.375 e. The topological polar surface area (TPSA) is 46.6 Å². The maximum atomic E-state index is 12.4. The van der Waals surface area contributed by atoms with Gasteiger partial charge in [-0.25, -0.2) is 8.42 Å². The molecule has 21 heavy (non-hydrogen) atoms. The molecule has 1 aliphatic heterocycles. The number of morpholine rings is 1. The highest BCUT2D eigenvalue weighted by Gasteiger charge is 2.34. The Morgan fingerprint density at radius 2 is 1.90 bits per heavy atom. The number of ether oxygens (including phenoxy) is 1. The van der Waals surface area contributed by atoms with Crippen molar-refractivity contribution in [2.24, 2.45) is 0 Å². The minimum absolute atomic E-state index is 0.195. The van der Waals surface area contributed by atoms with E-state index in [4.69, 9.17) is 4.74 Å². The number of nitrogens with zero attached hydrogens (tertiary/aromatic N) is 1. The van der Waals surface area contributed by atoms with Crippen LogP contribution in [-0.4, -0.2) is 50.9 Å². The summed E-state index contributed by atoms with van der Waals surface area (Å²) in [5.74, 6) is 0.195. The van der Waals surface area contributed by atoms with Gasteiger partial charge in [-0.05, 0) is 25.0 Å². The molecule has 116 valence electrons. The first-order valence-corrected chi connectivity index (χ1v) is 9.45. The van der Waals surface area contributed by atoms with Crippen LogP contribution in [0, 0.1) is 0 Å². The summed E-state index contributed by atoms with van der Waals surface area (Å²) in [6.45, 7) is 2.19. The summed E-state index contributed by atoms with van der Waals surface area (Å²) in [6, 6.07) is 9.17. The number of rotatable bonds is 4. The molecule has 1 heterocycles. The second-order valence-electron chi connectivity index (χ2n) is 5.93. The van der Waals surface area contributed by atoms with Gasteiger partial charge in [-0.1, -0.05) is 31.0 Å². The van der Waals surface area contributed by atoms with Crippen LogP contribution in [0.4, 0.5) is 0 Å². The molecule has 0 aromatic heterocycles. The first kappa shape index (κ1) is 15.0. The molecule has 1 aromatic carbocycles. The fourth-order valence-electron chi connectivity index (χ4n) is 3.44. The summed E-state index contributed by atoms with van der Waals surface area (Å²) in [4.78, 5) is 2.76. The van der Waals surface area contributed by atoms with E-state index in [1.807, 2.05) is 6.07 Å². The Bertz CT molecular complexity index is 556. The van der Waals surface area contributed by atoms with Crippen molar-refractivity contribution in [2.45, 2.75) is 42.7 Å². The summed E-state index contributed by atoms with van der Waals surface area (Å²) >= 11 is 0. The Morgan fingerprint density at radius 3 is 2.71 bits per heavy atom. The summed E-state index contributed by atoms with van der Waals surface area (Å²) in [6.07, 6.45) is 5.03. The maximum absolute atomic E-state index is 12.4.